The third kappa shape index (κ3) is 3.32. The van der Waals surface area contributed by atoms with Crippen LogP contribution in [0, 0.1) is 6.92 Å². The summed E-state index contributed by atoms with van der Waals surface area (Å²) < 4.78 is 0. The molecule has 0 amide bonds. The lowest BCUT2D eigenvalue weighted by Crippen LogP contribution is -2.02. The van der Waals surface area contributed by atoms with Gasteiger partial charge in [-0.3, -0.25) is 4.98 Å². The van der Waals surface area contributed by atoms with Crippen LogP contribution in [0.3, 0.4) is 0 Å². The maximum absolute atomic E-state index is 6.32. The smallest absolute Gasteiger partial charge is 0.158 e. The van der Waals surface area contributed by atoms with Crippen LogP contribution in [0.5, 0.6) is 0 Å². The average molecular weight is 359 g/mol. The highest BCUT2D eigenvalue weighted by atomic mass is 32.2. The van der Waals surface area contributed by atoms with E-state index < -0.39 is 0 Å². The molecule has 0 aliphatic heterocycles. The van der Waals surface area contributed by atoms with Crippen LogP contribution in [0.1, 0.15) is 5.56 Å². The van der Waals surface area contributed by atoms with Crippen LogP contribution < -0.4 is 11.1 Å². The van der Waals surface area contributed by atoms with Gasteiger partial charge in [0.1, 0.15) is 17.0 Å². The number of fused-ring (bicyclic) bond motifs is 1. The minimum Gasteiger partial charge on any atom is -0.394 e. The van der Waals surface area contributed by atoms with Crippen LogP contribution in [0.2, 0.25) is 0 Å². The zero-order chi connectivity index (χ0) is 17.9. The number of rotatable bonds is 4. The maximum Gasteiger partial charge on any atom is 0.158 e. The van der Waals surface area contributed by atoms with E-state index in [0.29, 0.717) is 16.5 Å². The van der Waals surface area contributed by atoms with E-state index in [2.05, 4.69) is 27.2 Å². The number of anilines is 3. The van der Waals surface area contributed by atoms with E-state index in [9.17, 15) is 0 Å². The fourth-order valence-electron chi connectivity index (χ4n) is 2.60. The highest BCUT2D eigenvalue weighted by Gasteiger charge is 2.12. The fraction of sp³-hybridized carbons (Fsp3) is 0.0500. The van der Waals surface area contributed by atoms with E-state index in [4.69, 9.17) is 5.73 Å². The summed E-state index contributed by atoms with van der Waals surface area (Å²) in [7, 11) is 0. The molecule has 0 spiro atoms. The molecule has 3 N–H and O–H groups in total. The van der Waals surface area contributed by atoms with Gasteiger partial charge in [-0.2, -0.15) is 0 Å². The minimum absolute atomic E-state index is 0.519. The molecule has 5 nitrogen and oxygen atoms in total. The molecule has 0 bridgehead atoms. The molecule has 2 aromatic heterocycles. The molecule has 0 saturated heterocycles. The van der Waals surface area contributed by atoms with E-state index in [0.717, 1.165) is 21.5 Å². The van der Waals surface area contributed by atoms with E-state index in [1.54, 1.807) is 6.20 Å². The highest BCUT2D eigenvalue weighted by molar-refractivity contribution is 7.99. The summed E-state index contributed by atoms with van der Waals surface area (Å²) >= 11 is 1.49. The predicted molar refractivity (Wildman–Crippen MR) is 107 cm³/mol. The number of nitrogen functional groups attached to an aromatic ring is 1. The summed E-state index contributed by atoms with van der Waals surface area (Å²) in [6.45, 7) is 2.05. The van der Waals surface area contributed by atoms with Gasteiger partial charge in [0.05, 0.1) is 5.52 Å². The summed E-state index contributed by atoms with van der Waals surface area (Å²) in [5.41, 5.74) is 9.91. The van der Waals surface area contributed by atoms with Crippen LogP contribution in [0.15, 0.2) is 77.0 Å². The first-order valence-corrected chi connectivity index (χ1v) is 8.98. The predicted octanol–water partition coefficient (Wildman–Crippen LogP) is 4.81. The Bertz CT molecular complexity index is 1060. The molecule has 0 saturated carbocycles. The Morgan fingerprint density at radius 3 is 2.58 bits per heavy atom. The Kier molecular flexibility index (Phi) is 4.41. The molecule has 0 aliphatic carbocycles. The van der Waals surface area contributed by atoms with E-state index in [1.165, 1.54) is 23.7 Å². The molecule has 4 rings (SSSR count). The van der Waals surface area contributed by atoms with Crippen molar-refractivity contribution in [1.29, 1.82) is 0 Å². The van der Waals surface area contributed by atoms with Crippen molar-refractivity contribution < 1.29 is 0 Å². The second-order valence-electron chi connectivity index (χ2n) is 5.87. The molecule has 6 heteroatoms. The van der Waals surface area contributed by atoms with Crippen molar-refractivity contribution in [2.75, 3.05) is 11.1 Å². The van der Waals surface area contributed by atoms with Gasteiger partial charge >= 0.3 is 0 Å². The van der Waals surface area contributed by atoms with Crippen LogP contribution in [0.25, 0.3) is 10.9 Å². The number of aromatic nitrogens is 3. The molecule has 26 heavy (non-hydrogen) atoms. The van der Waals surface area contributed by atoms with Crippen molar-refractivity contribution >= 4 is 39.9 Å². The largest absolute Gasteiger partial charge is 0.394 e. The number of para-hydroxylation sites is 1. The van der Waals surface area contributed by atoms with Gasteiger partial charge < -0.3 is 11.1 Å². The second-order valence-corrected chi connectivity index (χ2v) is 6.90. The van der Waals surface area contributed by atoms with Gasteiger partial charge in [0.2, 0.25) is 0 Å². The normalized spacial score (nSPS) is 10.8. The van der Waals surface area contributed by atoms with E-state index in [1.807, 2.05) is 54.6 Å². The quantitative estimate of drug-likeness (QED) is 0.509. The molecule has 128 valence electrons. The van der Waals surface area contributed by atoms with Crippen molar-refractivity contribution in [3.63, 3.8) is 0 Å². The Morgan fingerprint density at radius 2 is 1.73 bits per heavy atom. The molecule has 0 atom stereocenters. The number of nitrogens with one attached hydrogen (secondary N) is 1. The Labute approximate surface area is 155 Å². The Hall–Kier alpha value is -3.12. The third-order valence-corrected chi connectivity index (χ3v) is 5.03. The zero-order valence-electron chi connectivity index (χ0n) is 14.2. The number of nitrogens with two attached hydrogens (primary N) is 1. The summed E-state index contributed by atoms with van der Waals surface area (Å²) in [6.07, 6.45) is 3.31. The van der Waals surface area contributed by atoms with E-state index in [-0.39, 0.29) is 0 Å². The maximum atomic E-state index is 6.32. The molecule has 0 radical (unpaired) electrons. The first kappa shape index (κ1) is 16.4. The van der Waals surface area contributed by atoms with Gasteiger partial charge in [0.15, 0.2) is 5.82 Å². The fourth-order valence-corrected chi connectivity index (χ4v) is 3.53. The van der Waals surface area contributed by atoms with Gasteiger partial charge in [0, 0.05) is 22.2 Å². The number of benzene rings is 2. The Balaban J connectivity index is 1.66. The lowest BCUT2D eigenvalue weighted by Gasteiger charge is -2.11. The SMILES string of the molecule is Cc1ccc(Nc2ncnc(Sc3cccc4cccnc34)c2N)cc1. The van der Waals surface area contributed by atoms with Crippen molar-refractivity contribution in [2.45, 2.75) is 16.8 Å². The highest BCUT2D eigenvalue weighted by Crippen LogP contribution is 2.36. The van der Waals surface area contributed by atoms with Crippen molar-refractivity contribution in [2.24, 2.45) is 0 Å². The van der Waals surface area contributed by atoms with Crippen molar-refractivity contribution in [3.05, 3.63) is 72.7 Å². The van der Waals surface area contributed by atoms with Gasteiger partial charge in [-0.05, 0) is 31.2 Å². The van der Waals surface area contributed by atoms with Crippen molar-refractivity contribution in [3.8, 4) is 0 Å². The monoisotopic (exact) mass is 359 g/mol. The van der Waals surface area contributed by atoms with Gasteiger partial charge in [0.25, 0.3) is 0 Å². The number of pyridine rings is 1. The zero-order valence-corrected chi connectivity index (χ0v) is 15.0. The number of nitrogens with zero attached hydrogens (tertiary/aromatic N) is 3. The molecular weight excluding hydrogens is 342 g/mol. The number of hydrogen-bond donors (Lipinski definition) is 2. The first-order chi connectivity index (χ1) is 12.7. The Morgan fingerprint density at radius 1 is 0.923 bits per heavy atom. The van der Waals surface area contributed by atoms with Gasteiger partial charge in [-0.25, -0.2) is 9.97 Å². The van der Waals surface area contributed by atoms with Crippen LogP contribution in [-0.4, -0.2) is 15.0 Å². The standard InChI is InChI=1S/C20H17N5S/c1-13-7-9-15(10-8-13)25-19-17(21)20(24-12-23-19)26-16-6-2-4-14-5-3-11-22-18(14)16/h2-12H,21H2,1H3,(H,23,24,25). The molecule has 0 fully saturated rings. The van der Waals surface area contributed by atoms with Crippen LogP contribution in [0.4, 0.5) is 17.2 Å². The average Bonchev–Trinajstić information content (AvgIpc) is 2.67. The summed E-state index contributed by atoms with van der Waals surface area (Å²) in [4.78, 5) is 14.1. The van der Waals surface area contributed by atoms with Crippen molar-refractivity contribution in [1.82, 2.24) is 15.0 Å². The van der Waals surface area contributed by atoms with Crippen LogP contribution in [-0.2, 0) is 0 Å². The third-order valence-electron chi connectivity index (χ3n) is 3.96. The molecule has 2 aromatic carbocycles. The molecule has 2 heterocycles. The van der Waals surface area contributed by atoms with Gasteiger partial charge in [-0.1, -0.05) is 47.7 Å². The summed E-state index contributed by atoms with van der Waals surface area (Å²) in [5, 5.41) is 5.05. The number of hydrogen-bond acceptors (Lipinski definition) is 6. The lowest BCUT2D eigenvalue weighted by atomic mass is 10.2. The molecule has 0 aliphatic rings. The number of aryl methyl sites for hydroxylation is 1. The summed E-state index contributed by atoms with van der Waals surface area (Å²) in [6, 6.07) is 18.1. The topological polar surface area (TPSA) is 76.7 Å². The first-order valence-electron chi connectivity index (χ1n) is 8.16. The second kappa shape index (κ2) is 7.01. The summed E-state index contributed by atoms with van der Waals surface area (Å²) in [5.74, 6) is 0.597. The molecular formula is C20H17N5S. The van der Waals surface area contributed by atoms with E-state index >= 15 is 0 Å². The van der Waals surface area contributed by atoms with Crippen LogP contribution >= 0.6 is 11.8 Å². The molecule has 0 unspecified atom stereocenters. The minimum atomic E-state index is 0.519. The lowest BCUT2D eigenvalue weighted by molar-refractivity contribution is 1.06. The van der Waals surface area contributed by atoms with Gasteiger partial charge in [-0.15, -0.1) is 0 Å². The molecule has 4 aromatic rings.